The van der Waals surface area contributed by atoms with E-state index in [1.807, 2.05) is 18.2 Å². The molecule has 0 saturated carbocycles. The minimum absolute atomic E-state index is 0.0360. The van der Waals surface area contributed by atoms with Crippen molar-refractivity contribution in [3.05, 3.63) is 29.8 Å². The van der Waals surface area contributed by atoms with E-state index in [1.54, 1.807) is 11.8 Å². The zero-order valence-electron chi connectivity index (χ0n) is 11.5. The van der Waals surface area contributed by atoms with Gasteiger partial charge < -0.3 is 10.4 Å². The van der Waals surface area contributed by atoms with Crippen LogP contribution in [0.1, 0.15) is 31.7 Å². The molecule has 0 fully saturated rings. The van der Waals surface area contributed by atoms with Gasteiger partial charge in [0.1, 0.15) is 0 Å². The van der Waals surface area contributed by atoms with Gasteiger partial charge in [-0.15, -0.1) is 11.8 Å². The fourth-order valence-electron chi connectivity index (χ4n) is 2.22. The van der Waals surface area contributed by atoms with E-state index in [9.17, 15) is 4.79 Å². The highest BCUT2D eigenvalue weighted by Gasteiger charge is 2.29. The number of hydrogen-bond acceptors (Lipinski definition) is 3. The minimum atomic E-state index is -0.0598. The number of amides is 1. The Balaban J connectivity index is 1.95. The van der Waals surface area contributed by atoms with Crippen LogP contribution in [0.4, 0.5) is 0 Å². The molecular weight excluding hydrogens is 258 g/mol. The van der Waals surface area contributed by atoms with Crippen LogP contribution in [0.15, 0.2) is 29.2 Å². The molecule has 0 bridgehead atoms. The number of thioether (sulfide) groups is 1. The van der Waals surface area contributed by atoms with Crippen LogP contribution in [-0.4, -0.2) is 29.9 Å². The first-order valence-corrected chi connectivity index (χ1v) is 7.62. The highest BCUT2D eigenvalue weighted by molar-refractivity contribution is 7.99. The van der Waals surface area contributed by atoms with E-state index in [0.29, 0.717) is 13.0 Å². The lowest BCUT2D eigenvalue weighted by Crippen LogP contribution is -2.37. The molecule has 2 rings (SSSR count). The van der Waals surface area contributed by atoms with Crippen molar-refractivity contribution in [2.45, 2.75) is 31.1 Å². The van der Waals surface area contributed by atoms with Crippen LogP contribution in [0.3, 0.4) is 0 Å². The van der Waals surface area contributed by atoms with Crippen LogP contribution in [0, 0.1) is 5.41 Å². The molecule has 4 heteroatoms. The summed E-state index contributed by atoms with van der Waals surface area (Å²) in [6.07, 6.45) is 0.698. The van der Waals surface area contributed by atoms with E-state index >= 15 is 0 Å². The fourth-order valence-corrected chi connectivity index (χ4v) is 3.45. The van der Waals surface area contributed by atoms with Gasteiger partial charge in [0.2, 0.25) is 5.91 Å². The maximum absolute atomic E-state index is 12.3. The Kier molecular flexibility index (Phi) is 4.53. The first-order chi connectivity index (χ1) is 9.03. The number of nitrogens with one attached hydrogen (secondary N) is 1. The van der Waals surface area contributed by atoms with Gasteiger partial charge in [0.25, 0.3) is 0 Å². The molecule has 104 valence electrons. The zero-order valence-corrected chi connectivity index (χ0v) is 12.3. The second-order valence-electron chi connectivity index (χ2n) is 5.76. The summed E-state index contributed by atoms with van der Waals surface area (Å²) >= 11 is 1.75. The summed E-state index contributed by atoms with van der Waals surface area (Å²) in [6, 6.07) is 8.11. The third-order valence-electron chi connectivity index (χ3n) is 3.55. The average Bonchev–Trinajstić information content (AvgIpc) is 2.80. The van der Waals surface area contributed by atoms with Crippen molar-refractivity contribution in [3.8, 4) is 0 Å². The summed E-state index contributed by atoms with van der Waals surface area (Å²) in [5.74, 6) is 0.889. The highest BCUT2D eigenvalue weighted by atomic mass is 32.2. The summed E-state index contributed by atoms with van der Waals surface area (Å²) < 4.78 is 0. The molecule has 0 radical (unpaired) electrons. The first kappa shape index (κ1) is 14.4. The second kappa shape index (κ2) is 5.97. The van der Waals surface area contributed by atoms with Crippen molar-refractivity contribution in [1.82, 2.24) is 5.32 Å². The molecule has 0 aliphatic carbocycles. The van der Waals surface area contributed by atoms with Crippen LogP contribution < -0.4 is 5.32 Å². The van der Waals surface area contributed by atoms with Crippen molar-refractivity contribution < 1.29 is 9.90 Å². The lowest BCUT2D eigenvalue weighted by molar-refractivity contribution is -0.122. The van der Waals surface area contributed by atoms with Gasteiger partial charge in [0.05, 0.1) is 5.92 Å². The van der Waals surface area contributed by atoms with Crippen molar-refractivity contribution in [2.24, 2.45) is 5.41 Å². The number of benzene rings is 1. The molecular formula is C15H21NO2S. The van der Waals surface area contributed by atoms with Gasteiger partial charge in [0.15, 0.2) is 0 Å². The van der Waals surface area contributed by atoms with E-state index in [2.05, 4.69) is 25.2 Å². The number of aliphatic hydroxyl groups excluding tert-OH is 1. The molecule has 1 unspecified atom stereocenters. The Morgan fingerprint density at radius 1 is 1.47 bits per heavy atom. The van der Waals surface area contributed by atoms with E-state index < -0.39 is 0 Å². The highest BCUT2D eigenvalue weighted by Crippen LogP contribution is 2.39. The van der Waals surface area contributed by atoms with E-state index in [1.165, 1.54) is 4.90 Å². The number of fused-ring (bicyclic) bond motifs is 1. The van der Waals surface area contributed by atoms with E-state index in [0.717, 1.165) is 11.3 Å². The molecule has 1 aliphatic heterocycles. The van der Waals surface area contributed by atoms with Gasteiger partial charge in [-0.2, -0.15) is 0 Å². The predicted molar refractivity (Wildman–Crippen MR) is 78.4 cm³/mol. The molecule has 1 aliphatic rings. The van der Waals surface area contributed by atoms with Crippen LogP contribution in [0.2, 0.25) is 0 Å². The second-order valence-corrected chi connectivity index (χ2v) is 6.82. The molecule has 2 N–H and O–H groups in total. The summed E-state index contributed by atoms with van der Waals surface area (Å²) in [5, 5.41) is 12.0. The molecule has 1 amide bonds. The summed E-state index contributed by atoms with van der Waals surface area (Å²) in [7, 11) is 0. The molecule has 1 heterocycles. The normalized spacial score (nSPS) is 18.2. The molecule has 3 nitrogen and oxygen atoms in total. The quantitative estimate of drug-likeness (QED) is 0.870. The third-order valence-corrected chi connectivity index (χ3v) is 4.73. The SMILES string of the molecule is CC(C)(CCO)CNC(=O)C1CSc2ccccc21. The Morgan fingerprint density at radius 3 is 2.95 bits per heavy atom. The Hall–Kier alpha value is -1.00. The van der Waals surface area contributed by atoms with Crippen molar-refractivity contribution in [1.29, 1.82) is 0 Å². The zero-order chi connectivity index (χ0) is 13.9. The molecule has 0 aromatic heterocycles. The summed E-state index contributed by atoms with van der Waals surface area (Å²) in [6.45, 7) is 4.88. The number of aliphatic hydroxyl groups is 1. The van der Waals surface area contributed by atoms with Gasteiger partial charge in [-0.05, 0) is 23.5 Å². The lowest BCUT2D eigenvalue weighted by Gasteiger charge is -2.24. The molecule has 1 aromatic carbocycles. The van der Waals surface area contributed by atoms with Gasteiger partial charge >= 0.3 is 0 Å². The summed E-state index contributed by atoms with van der Waals surface area (Å²) in [4.78, 5) is 13.5. The van der Waals surface area contributed by atoms with Crippen molar-refractivity contribution in [3.63, 3.8) is 0 Å². The van der Waals surface area contributed by atoms with Gasteiger partial charge in [-0.3, -0.25) is 4.79 Å². The maximum Gasteiger partial charge on any atom is 0.228 e. The number of rotatable bonds is 5. The van der Waals surface area contributed by atoms with E-state index in [-0.39, 0.29) is 23.8 Å². The first-order valence-electron chi connectivity index (χ1n) is 6.64. The van der Waals surface area contributed by atoms with Crippen molar-refractivity contribution in [2.75, 3.05) is 18.9 Å². The van der Waals surface area contributed by atoms with Crippen LogP contribution in [0.5, 0.6) is 0 Å². The topological polar surface area (TPSA) is 49.3 Å². The van der Waals surface area contributed by atoms with E-state index in [4.69, 9.17) is 5.11 Å². The standard InChI is InChI=1S/C15H21NO2S/c1-15(2,7-8-17)10-16-14(18)12-9-19-13-6-4-3-5-11(12)13/h3-6,12,17H,7-10H2,1-2H3,(H,16,18). The Morgan fingerprint density at radius 2 is 2.21 bits per heavy atom. The maximum atomic E-state index is 12.3. The van der Waals surface area contributed by atoms with Crippen LogP contribution >= 0.6 is 11.8 Å². The molecule has 1 aromatic rings. The van der Waals surface area contributed by atoms with Crippen LogP contribution in [0.25, 0.3) is 0 Å². The number of hydrogen-bond donors (Lipinski definition) is 2. The van der Waals surface area contributed by atoms with Gasteiger partial charge in [-0.1, -0.05) is 32.0 Å². The summed E-state index contributed by atoms with van der Waals surface area (Å²) in [5.41, 5.74) is 1.08. The molecule has 1 atom stereocenters. The molecule has 19 heavy (non-hydrogen) atoms. The Labute approximate surface area is 118 Å². The van der Waals surface area contributed by atoms with Crippen LogP contribution in [-0.2, 0) is 4.79 Å². The Bertz CT molecular complexity index is 459. The average molecular weight is 279 g/mol. The monoisotopic (exact) mass is 279 g/mol. The third kappa shape index (κ3) is 3.51. The fraction of sp³-hybridized carbons (Fsp3) is 0.533. The number of carbonyl (C=O) groups excluding carboxylic acids is 1. The lowest BCUT2D eigenvalue weighted by atomic mass is 9.89. The predicted octanol–water partition coefficient (Wildman–Crippen LogP) is 2.40. The smallest absolute Gasteiger partial charge is 0.228 e. The minimum Gasteiger partial charge on any atom is -0.396 e. The molecule has 0 saturated heterocycles. The largest absolute Gasteiger partial charge is 0.396 e. The molecule has 0 spiro atoms. The van der Waals surface area contributed by atoms with Gasteiger partial charge in [0, 0.05) is 23.8 Å². The van der Waals surface area contributed by atoms with Gasteiger partial charge in [-0.25, -0.2) is 0 Å². The number of carbonyl (C=O) groups is 1. The van der Waals surface area contributed by atoms with Crippen molar-refractivity contribution >= 4 is 17.7 Å².